The molecule has 8 fully saturated rings. The van der Waals surface area contributed by atoms with Crippen LogP contribution in [-0.4, -0.2) is 310 Å². The number of alkyl carbamates (subject to hydrolysis) is 1. The molecule has 8 aliphatic rings. The maximum Gasteiger partial charge on any atom is 0.412 e. The van der Waals surface area contributed by atoms with Gasteiger partial charge in [0, 0.05) is 168 Å². The number of H-pyrrole nitrogens is 6. The van der Waals surface area contributed by atoms with Crippen molar-refractivity contribution < 1.29 is 67.0 Å². The molecule has 41 nitrogen and oxygen atoms in total. The minimum Gasteiger partial charge on any atom is -0.453 e. The van der Waals surface area contributed by atoms with Crippen molar-refractivity contribution in [3.05, 3.63) is 201 Å². The highest BCUT2D eigenvalue weighted by Crippen LogP contribution is 2.26. The van der Waals surface area contributed by atoms with Gasteiger partial charge in [0.25, 0.3) is 41.4 Å². The molecule has 17 rings (SSSR count). The number of methoxy groups -OCH3 is 1. The smallest absolute Gasteiger partial charge is 0.412 e. The molecule has 0 bridgehead atoms. The van der Waals surface area contributed by atoms with Crippen LogP contribution in [0.2, 0.25) is 0 Å². The number of rotatable bonds is 23. The lowest BCUT2D eigenvalue weighted by Crippen LogP contribution is -2.53. The first-order valence-electron chi connectivity index (χ1n) is 48.2. The molecule has 3 aromatic carbocycles. The van der Waals surface area contributed by atoms with Crippen LogP contribution in [0.15, 0.2) is 127 Å². The Labute approximate surface area is 822 Å². The summed E-state index contributed by atoms with van der Waals surface area (Å²) < 4.78 is 9.77. The van der Waals surface area contributed by atoms with Gasteiger partial charge < -0.3 is 86.7 Å². The Hall–Kier alpha value is -13.8. The van der Waals surface area contributed by atoms with Crippen LogP contribution in [-0.2, 0) is 14.3 Å². The van der Waals surface area contributed by atoms with Crippen molar-refractivity contribution in [3.8, 4) is 5.75 Å². The average Bonchev–Trinajstić information content (AvgIpc) is 1.71. The van der Waals surface area contributed by atoms with Crippen molar-refractivity contribution in [2.45, 2.75) is 200 Å². The number of carbonyl (C=O) groups is 12. The lowest BCUT2D eigenvalue weighted by atomic mass is 10.0. The van der Waals surface area contributed by atoms with Gasteiger partial charge in [-0.2, -0.15) is 44.1 Å². The minimum absolute atomic E-state index is 0. The highest BCUT2D eigenvalue weighted by Gasteiger charge is 2.38. The number of nitrogens with zero attached hydrogens (tertiary/aromatic N) is 12. The number of hydrogen-bond acceptors (Lipinski definition) is 22. The number of carbonyl (C=O) groups excluding carboxylic acids is 12. The third-order valence-corrected chi connectivity index (χ3v) is 25.3. The topological polar surface area (TPSA) is 523 Å². The maximum absolute atomic E-state index is 12.5. The van der Waals surface area contributed by atoms with E-state index in [1.807, 2.05) is 128 Å². The number of para-hydroxylation sites is 2. The van der Waals surface area contributed by atoms with E-state index in [1.54, 1.807) is 84.0 Å². The Kier molecular flexibility index (Phi) is 39.0. The molecule has 0 saturated carbocycles. The molecule has 14 heterocycles. The van der Waals surface area contributed by atoms with Crippen LogP contribution in [0, 0.1) is 11.8 Å². The molecule has 754 valence electrons. The van der Waals surface area contributed by atoms with Gasteiger partial charge in [0.1, 0.15) is 39.9 Å². The van der Waals surface area contributed by atoms with Crippen molar-refractivity contribution >= 4 is 90.6 Å². The molecule has 42 heteroatoms. The number of hydrogen-bond donors (Lipinski definition) is 15. The Morgan fingerprint density at radius 2 is 0.607 bits per heavy atom. The number of amides is 13. The summed E-state index contributed by atoms with van der Waals surface area (Å²) in [7, 11) is 1.32. The van der Waals surface area contributed by atoms with E-state index in [-0.39, 0.29) is 127 Å². The summed E-state index contributed by atoms with van der Waals surface area (Å²) in [5.74, 6) is 2.02. The van der Waals surface area contributed by atoms with E-state index in [1.165, 1.54) is 7.11 Å². The van der Waals surface area contributed by atoms with Crippen molar-refractivity contribution in [2.24, 2.45) is 11.8 Å². The number of benzene rings is 3. The van der Waals surface area contributed by atoms with E-state index in [0.717, 1.165) is 105 Å². The number of aromatic amines is 6. The maximum atomic E-state index is 12.5. The van der Waals surface area contributed by atoms with Gasteiger partial charge in [-0.1, -0.05) is 138 Å². The van der Waals surface area contributed by atoms with Crippen molar-refractivity contribution in [1.82, 2.24) is 133 Å². The molecule has 15 N–H and O–H groups in total. The molecule has 0 radical (unpaired) electrons. The van der Waals surface area contributed by atoms with Crippen LogP contribution < -0.4 is 52.6 Å². The van der Waals surface area contributed by atoms with Gasteiger partial charge >= 0.3 is 18.2 Å². The first-order valence-corrected chi connectivity index (χ1v) is 48.2. The molecule has 8 saturated heterocycles. The fourth-order valence-corrected chi connectivity index (χ4v) is 16.5. The summed E-state index contributed by atoms with van der Waals surface area (Å²) in [6.45, 7) is 34.6. The second kappa shape index (κ2) is 51.2. The Morgan fingerprint density at radius 3 is 0.893 bits per heavy atom. The zero-order valence-corrected chi connectivity index (χ0v) is 83.1. The van der Waals surface area contributed by atoms with E-state index >= 15 is 0 Å². The van der Waals surface area contributed by atoms with Crippen LogP contribution in [0.1, 0.15) is 271 Å². The van der Waals surface area contributed by atoms with Gasteiger partial charge in [0.15, 0.2) is 0 Å². The fourth-order valence-electron chi connectivity index (χ4n) is 16.5. The van der Waals surface area contributed by atoms with E-state index in [0.29, 0.717) is 160 Å². The van der Waals surface area contributed by atoms with Crippen LogP contribution in [0.3, 0.4) is 0 Å². The lowest BCUT2D eigenvalue weighted by Gasteiger charge is -2.27. The van der Waals surface area contributed by atoms with Crippen LogP contribution in [0.25, 0.3) is 0 Å². The first kappa shape index (κ1) is 107. The normalized spacial score (nSPS) is 19.1. The number of urea groups is 1. The monoisotopic (exact) mass is 1950 g/mol. The summed E-state index contributed by atoms with van der Waals surface area (Å²) >= 11 is 0. The Morgan fingerprint density at radius 1 is 0.329 bits per heavy atom. The highest BCUT2D eigenvalue weighted by atomic mass is 32.1. The second-order valence-corrected chi connectivity index (χ2v) is 37.9. The Balaban J connectivity index is 0.000000161. The number of ether oxygens (including phenoxy) is 2. The molecule has 13 amide bonds. The zero-order chi connectivity index (χ0) is 99.5. The summed E-state index contributed by atoms with van der Waals surface area (Å²) in [5.41, 5.74) is 9.69. The van der Waals surface area contributed by atoms with Gasteiger partial charge in [-0.05, 0) is 160 Å². The summed E-state index contributed by atoms with van der Waals surface area (Å²) in [6, 6.07) is 37.7. The predicted molar refractivity (Wildman–Crippen MR) is 530 cm³/mol. The van der Waals surface area contributed by atoms with E-state index in [4.69, 9.17) is 4.74 Å². The molecule has 0 spiro atoms. The van der Waals surface area contributed by atoms with Gasteiger partial charge in [-0.25, -0.2) is 14.4 Å². The molecule has 6 aromatic heterocycles. The van der Waals surface area contributed by atoms with Crippen LogP contribution in [0.4, 0.5) is 20.1 Å². The largest absolute Gasteiger partial charge is 0.453 e. The molecular weight excluding hydrogens is 1810 g/mol. The predicted octanol–water partition coefficient (Wildman–Crippen LogP) is 9.06. The molecule has 8 aliphatic heterocycles. The summed E-state index contributed by atoms with van der Waals surface area (Å²) in [6.07, 6.45) is 4.43. The molecule has 7 atom stereocenters. The second-order valence-electron chi connectivity index (χ2n) is 37.9. The first-order chi connectivity index (χ1) is 66.7. The molecule has 9 aromatic rings. The van der Waals surface area contributed by atoms with Gasteiger partial charge in [0.05, 0.1) is 31.0 Å². The zero-order valence-electron chi connectivity index (χ0n) is 82.1. The molecular formula is C98H137N27O14S. The third kappa shape index (κ3) is 30.4. The SMILES string of the molecule is CC(C)c1cc(C(=O)N2CCC(NC(=O)C3CCNC3)C2)n[nH]1.CC(C)c1cc(C(=O)N2CCC(NC(=O)C3CNC3)C2)n[nH]1.CC(C)c1cc(C(=O)N2CCC(NC(=O)Nc3ccccc3)C2)n[nH]1.CC(C)c1cc(C(=O)N2CCC(NC(=O)Oc3ccccc3)C2)n[nH]1.CC(C)c1cc(C(=O)N2CC[C@H](NC(=O)c3ccccc3)C2)n[nH]1.COC(=O)NC1CCN(C(=O)c2cc(C(C)C)[nH]n2)C1.S. The molecule has 140 heavy (non-hydrogen) atoms. The van der Waals surface area contributed by atoms with Crippen molar-refractivity contribution in [1.29, 1.82) is 0 Å². The average molecular weight is 1950 g/mol. The van der Waals surface area contributed by atoms with E-state index in [2.05, 4.69) is 141 Å². The standard InChI is InChI=1S/C18H23N5O2.C18H22N4O3.C18H22N4O2.C16H25N5O2.C15H23N5O2.C13H20N4O3.H2S/c1-12(2)15-10-16(22-21-15)17(24)23-9-8-14(11-23)20-18(25)19-13-6-4-3-5-7-13;1-12(2)15-10-16(21-20-15)17(23)22-9-8-13(11-22)19-18(24)25-14-6-4-3-5-7-14;1-12(2)15-10-16(21-20-15)18(24)22-9-8-14(11-22)19-17(23)13-6-4-3-5-7-13;1-10(2)13-7-14(20-19-13)16(23)21-6-4-12(9-21)18-15(22)11-3-5-17-8-11;1-9(2)12-5-13(19-18-12)15(22)20-4-3-11(8-20)17-14(21)10-6-16-7-10;1-8(2)10-6-11(16-15-10)12(18)17-5-4-9(7-17)14-13(19)20-3;/h3-7,10,12,14H,8-9,11H2,1-2H3,(H,21,22)(H2,19,20,25);3-7,10,12-13H,8-9,11H2,1-2H3,(H,19,24)(H,20,21);3-7,10,12,14H,8-9,11H2,1-2H3,(H,19,23)(H,20,21);7,10-12,17H,3-6,8-9H2,1-2H3,(H,18,22)(H,19,20);5,9-11,16H,3-4,6-8H2,1-2H3,(H,17,21)(H,18,19);6,8-9H,4-5,7H2,1-3H3,(H,14,19)(H,15,16);1H2/t;;14-;;;;/m..0..../s1. The summed E-state index contributed by atoms with van der Waals surface area (Å²) in [5, 5.41) is 68.6. The third-order valence-electron chi connectivity index (χ3n) is 25.3. The highest BCUT2D eigenvalue weighted by molar-refractivity contribution is 7.59. The number of nitrogens with one attached hydrogen (secondary N) is 15. The van der Waals surface area contributed by atoms with Crippen LogP contribution >= 0.6 is 13.5 Å². The summed E-state index contributed by atoms with van der Waals surface area (Å²) in [4.78, 5) is 157. The number of likely N-dealkylation sites (tertiary alicyclic amines) is 6. The van der Waals surface area contributed by atoms with Gasteiger partial charge in [-0.3, -0.25) is 73.7 Å². The number of anilines is 1. The number of aromatic nitrogens is 12. The van der Waals surface area contributed by atoms with Gasteiger partial charge in [-0.15, -0.1) is 0 Å². The van der Waals surface area contributed by atoms with Crippen LogP contribution in [0.5, 0.6) is 5.75 Å². The van der Waals surface area contributed by atoms with Gasteiger partial charge in [0.2, 0.25) is 11.8 Å². The lowest BCUT2D eigenvalue weighted by molar-refractivity contribution is -0.127. The quantitative estimate of drug-likeness (QED) is 0.0284. The fraction of sp³-hybridized carbons (Fsp3) is 0.510. The minimum atomic E-state index is -0.507. The van der Waals surface area contributed by atoms with E-state index in [9.17, 15) is 57.5 Å². The van der Waals surface area contributed by atoms with Crippen molar-refractivity contribution in [3.63, 3.8) is 0 Å². The molecule has 0 aliphatic carbocycles. The van der Waals surface area contributed by atoms with E-state index < -0.39 is 12.2 Å². The Bertz CT molecular complexity index is 5460. The van der Waals surface area contributed by atoms with Crippen molar-refractivity contribution in [2.75, 3.05) is 117 Å². The molecule has 6 unspecified atom stereocenters.